The molecule has 0 fully saturated rings. The molecule has 1 aromatic heterocycles. The molecular weight excluding hydrogens is 378 g/mol. The van der Waals surface area contributed by atoms with E-state index in [-0.39, 0.29) is 16.7 Å². The van der Waals surface area contributed by atoms with Crippen LogP contribution in [0.4, 0.5) is 5.69 Å². The summed E-state index contributed by atoms with van der Waals surface area (Å²) in [6.07, 6.45) is 0.635. The van der Waals surface area contributed by atoms with E-state index < -0.39 is 0 Å². The van der Waals surface area contributed by atoms with Crippen LogP contribution < -0.4 is 10.9 Å². The second-order valence-corrected chi connectivity index (χ2v) is 9.48. The number of carbonyl (C=O) groups excluding carboxylic acids is 1. The number of anilines is 1. The van der Waals surface area contributed by atoms with Gasteiger partial charge in [0.1, 0.15) is 0 Å². The van der Waals surface area contributed by atoms with Crippen LogP contribution in [0.2, 0.25) is 0 Å². The largest absolute Gasteiger partial charge is 0.325 e. The van der Waals surface area contributed by atoms with Gasteiger partial charge in [0.25, 0.3) is 5.56 Å². The van der Waals surface area contributed by atoms with Crippen molar-refractivity contribution in [2.45, 2.75) is 62.4 Å². The van der Waals surface area contributed by atoms with Crippen molar-refractivity contribution in [3.63, 3.8) is 0 Å². The van der Waals surface area contributed by atoms with Crippen LogP contribution in [-0.4, -0.2) is 26.4 Å². The summed E-state index contributed by atoms with van der Waals surface area (Å²) in [4.78, 5) is 32.0. The predicted octanol–water partition coefficient (Wildman–Crippen LogP) is 4.54. The number of thioether (sulfide) groups is 2. The third kappa shape index (κ3) is 6.74. The van der Waals surface area contributed by atoms with Gasteiger partial charge in [0.05, 0.1) is 10.9 Å². The van der Waals surface area contributed by atoms with E-state index in [2.05, 4.69) is 29.1 Å². The first-order chi connectivity index (χ1) is 12.8. The van der Waals surface area contributed by atoms with Gasteiger partial charge >= 0.3 is 0 Å². The van der Waals surface area contributed by atoms with Crippen molar-refractivity contribution in [3.05, 3.63) is 51.4 Å². The van der Waals surface area contributed by atoms with E-state index in [1.54, 1.807) is 11.8 Å². The molecule has 5 nitrogen and oxygen atoms in total. The SMILES string of the molecule is CCC(Sc1nc(CSC(C)C)cc(=O)[nH]1)C(=O)Nc1cc(C)ccc1C. The molecule has 0 saturated heterocycles. The molecule has 0 bridgehead atoms. The number of benzene rings is 1. The molecule has 0 aliphatic rings. The molecule has 1 amide bonds. The van der Waals surface area contributed by atoms with E-state index in [0.717, 1.165) is 22.5 Å². The topological polar surface area (TPSA) is 74.8 Å². The van der Waals surface area contributed by atoms with Crippen LogP contribution in [0.5, 0.6) is 0 Å². The van der Waals surface area contributed by atoms with E-state index in [1.807, 2.05) is 39.0 Å². The van der Waals surface area contributed by atoms with Crippen molar-refractivity contribution in [1.29, 1.82) is 0 Å². The van der Waals surface area contributed by atoms with Gasteiger partial charge in [-0.05, 0) is 42.7 Å². The fraction of sp³-hybridized carbons (Fsp3) is 0.450. The molecule has 1 aromatic carbocycles. The highest BCUT2D eigenvalue weighted by Crippen LogP contribution is 2.25. The van der Waals surface area contributed by atoms with Gasteiger partial charge < -0.3 is 10.3 Å². The number of hydrogen-bond donors (Lipinski definition) is 2. The fourth-order valence-electron chi connectivity index (χ4n) is 2.41. The van der Waals surface area contributed by atoms with Crippen molar-refractivity contribution in [1.82, 2.24) is 9.97 Å². The van der Waals surface area contributed by atoms with Crippen LogP contribution in [0, 0.1) is 13.8 Å². The molecule has 0 spiro atoms. The number of rotatable bonds is 8. The zero-order chi connectivity index (χ0) is 20.0. The lowest BCUT2D eigenvalue weighted by Crippen LogP contribution is -2.25. The van der Waals surface area contributed by atoms with Crippen LogP contribution in [0.25, 0.3) is 0 Å². The van der Waals surface area contributed by atoms with Crippen molar-refractivity contribution >= 4 is 35.1 Å². The highest BCUT2D eigenvalue weighted by atomic mass is 32.2. The maximum Gasteiger partial charge on any atom is 0.251 e. The summed E-state index contributed by atoms with van der Waals surface area (Å²) >= 11 is 3.03. The summed E-state index contributed by atoms with van der Waals surface area (Å²) in [6, 6.07) is 7.51. The first-order valence-corrected chi connectivity index (χ1v) is 11.0. The Morgan fingerprint density at radius 3 is 2.67 bits per heavy atom. The quantitative estimate of drug-likeness (QED) is 0.498. The minimum atomic E-state index is -0.332. The number of nitrogens with one attached hydrogen (secondary N) is 2. The Morgan fingerprint density at radius 2 is 2.00 bits per heavy atom. The van der Waals surface area contributed by atoms with Crippen LogP contribution in [0.3, 0.4) is 0 Å². The van der Waals surface area contributed by atoms with Crippen LogP contribution >= 0.6 is 23.5 Å². The molecule has 2 N–H and O–H groups in total. The van der Waals surface area contributed by atoms with Gasteiger partial charge in [-0.1, -0.05) is 44.7 Å². The number of hydrogen-bond acceptors (Lipinski definition) is 5. The van der Waals surface area contributed by atoms with E-state index in [9.17, 15) is 9.59 Å². The molecule has 0 saturated carbocycles. The van der Waals surface area contributed by atoms with Gasteiger partial charge in [0.15, 0.2) is 5.16 Å². The minimum absolute atomic E-state index is 0.0826. The van der Waals surface area contributed by atoms with Crippen LogP contribution in [0.1, 0.15) is 44.0 Å². The first kappa shape index (κ1) is 21.6. The molecule has 1 unspecified atom stereocenters. The van der Waals surface area contributed by atoms with Gasteiger partial charge in [0, 0.05) is 17.5 Å². The molecule has 2 aromatic rings. The monoisotopic (exact) mass is 405 g/mol. The molecule has 27 heavy (non-hydrogen) atoms. The molecule has 0 radical (unpaired) electrons. The lowest BCUT2D eigenvalue weighted by Gasteiger charge is -2.16. The number of nitrogens with zero attached hydrogens (tertiary/aromatic N) is 1. The van der Waals surface area contributed by atoms with Crippen LogP contribution in [0.15, 0.2) is 34.2 Å². The maximum atomic E-state index is 12.7. The molecule has 0 aliphatic heterocycles. The molecule has 2 rings (SSSR count). The summed E-state index contributed by atoms with van der Waals surface area (Å²) in [5.41, 5.74) is 3.50. The molecular formula is C20H27N3O2S2. The maximum absolute atomic E-state index is 12.7. The summed E-state index contributed by atoms with van der Waals surface area (Å²) in [5, 5.41) is 3.63. The van der Waals surface area contributed by atoms with Gasteiger partial charge in [-0.25, -0.2) is 4.98 Å². The fourth-order valence-corrected chi connectivity index (χ4v) is 3.99. The Morgan fingerprint density at radius 1 is 1.26 bits per heavy atom. The number of H-pyrrole nitrogens is 1. The smallest absolute Gasteiger partial charge is 0.251 e. The third-order valence-electron chi connectivity index (χ3n) is 3.91. The Bertz CT molecular complexity index is 849. The number of carbonyl (C=O) groups is 1. The average Bonchev–Trinajstić information content (AvgIpc) is 2.60. The van der Waals surface area contributed by atoms with Crippen LogP contribution in [-0.2, 0) is 10.5 Å². The number of aromatic nitrogens is 2. The zero-order valence-corrected chi connectivity index (χ0v) is 18.1. The Balaban J connectivity index is 2.12. The summed E-state index contributed by atoms with van der Waals surface area (Å²) < 4.78 is 0. The minimum Gasteiger partial charge on any atom is -0.325 e. The third-order valence-corrected chi connectivity index (χ3v) is 6.28. The molecule has 1 atom stereocenters. The molecule has 0 aliphatic carbocycles. The summed E-state index contributed by atoms with van der Waals surface area (Å²) in [5.74, 6) is 0.599. The zero-order valence-electron chi connectivity index (χ0n) is 16.5. The normalized spacial score (nSPS) is 12.2. The summed E-state index contributed by atoms with van der Waals surface area (Å²) in [7, 11) is 0. The molecule has 146 valence electrons. The number of aryl methyl sites for hydroxylation is 2. The van der Waals surface area contributed by atoms with Gasteiger partial charge in [-0.3, -0.25) is 9.59 Å². The van der Waals surface area contributed by atoms with E-state index in [1.165, 1.54) is 17.8 Å². The van der Waals surface area contributed by atoms with Crippen molar-refractivity contribution < 1.29 is 4.79 Å². The van der Waals surface area contributed by atoms with Gasteiger partial charge in [-0.15, -0.1) is 0 Å². The number of aromatic amines is 1. The van der Waals surface area contributed by atoms with Gasteiger partial charge in [-0.2, -0.15) is 11.8 Å². The summed E-state index contributed by atoms with van der Waals surface area (Å²) in [6.45, 7) is 10.1. The van der Waals surface area contributed by atoms with Gasteiger partial charge in [0.2, 0.25) is 5.91 Å². The second-order valence-electron chi connectivity index (χ2n) is 6.72. The Labute approximate surface area is 169 Å². The molecule has 1 heterocycles. The van der Waals surface area contributed by atoms with Crippen molar-refractivity contribution in [2.24, 2.45) is 0 Å². The standard InChI is InChI=1S/C20H27N3O2S2/c1-6-17(19(25)22-16-9-13(4)7-8-14(16)5)27-20-21-15(10-18(24)23-20)11-26-12(2)3/h7-10,12,17H,6,11H2,1-5H3,(H,22,25)(H,21,23,24). The van der Waals surface area contributed by atoms with Crippen molar-refractivity contribution in [2.75, 3.05) is 5.32 Å². The number of amides is 1. The van der Waals surface area contributed by atoms with E-state index in [4.69, 9.17) is 0 Å². The average molecular weight is 406 g/mol. The second kappa shape index (κ2) is 9.99. The highest BCUT2D eigenvalue weighted by molar-refractivity contribution is 8.00. The molecule has 7 heteroatoms. The lowest BCUT2D eigenvalue weighted by molar-refractivity contribution is -0.115. The lowest BCUT2D eigenvalue weighted by atomic mass is 10.1. The highest BCUT2D eigenvalue weighted by Gasteiger charge is 2.20. The first-order valence-electron chi connectivity index (χ1n) is 9.05. The Kier molecular flexibility index (Phi) is 7.98. The Hall–Kier alpha value is -1.73. The van der Waals surface area contributed by atoms with E-state index >= 15 is 0 Å². The van der Waals surface area contributed by atoms with Crippen molar-refractivity contribution in [3.8, 4) is 0 Å². The predicted molar refractivity (Wildman–Crippen MR) is 116 cm³/mol. The van der Waals surface area contributed by atoms with E-state index in [0.29, 0.717) is 22.6 Å².